The van der Waals surface area contributed by atoms with Crippen molar-refractivity contribution in [1.82, 2.24) is 4.90 Å². The van der Waals surface area contributed by atoms with Gasteiger partial charge in [0.25, 0.3) is 0 Å². The van der Waals surface area contributed by atoms with E-state index in [1.807, 2.05) is 18.2 Å². The Morgan fingerprint density at radius 3 is 2.00 bits per heavy atom. The Hall–Kier alpha value is -0.530. The number of hydrogen-bond donors (Lipinski definition) is 0. The zero-order valence-corrected chi connectivity index (χ0v) is 8.13. The predicted octanol–water partition coefficient (Wildman–Crippen LogP) is 2.46. The highest BCUT2D eigenvalue weighted by Gasteiger charge is 1.95. The van der Waals surface area contributed by atoms with Gasteiger partial charge in [-0.1, -0.05) is 24.3 Å². The average Bonchev–Trinajstić information content (AvgIpc) is 2.06. The molecule has 1 nitrogen and oxygen atoms in total. The van der Waals surface area contributed by atoms with E-state index in [0.717, 1.165) is 19.6 Å². The maximum Gasteiger partial charge on any atom is 0.0404 e. The highest BCUT2D eigenvalue weighted by molar-refractivity contribution is 6.18. The van der Waals surface area contributed by atoms with Crippen molar-refractivity contribution in [2.24, 2.45) is 0 Å². The SMILES string of the molecule is C=CCN(CC=C)C/C=C/CCl. The Labute approximate surface area is 80.0 Å². The van der Waals surface area contributed by atoms with E-state index >= 15 is 0 Å². The summed E-state index contributed by atoms with van der Waals surface area (Å²) in [5.74, 6) is 0.579. The molecule has 0 aromatic carbocycles. The summed E-state index contributed by atoms with van der Waals surface area (Å²) in [6.45, 7) is 10.1. The Morgan fingerprint density at radius 2 is 1.58 bits per heavy atom. The topological polar surface area (TPSA) is 3.24 Å². The summed E-state index contributed by atoms with van der Waals surface area (Å²) in [7, 11) is 0. The summed E-state index contributed by atoms with van der Waals surface area (Å²) in [4.78, 5) is 2.21. The number of hydrogen-bond acceptors (Lipinski definition) is 1. The third kappa shape index (κ3) is 6.20. The maximum atomic E-state index is 5.49. The van der Waals surface area contributed by atoms with Crippen LogP contribution in [0.2, 0.25) is 0 Å². The van der Waals surface area contributed by atoms with E-state index in [9.17, 15) is 0 Å². The Morgan fingerprint density at radius 1 is 1.00 bits per heavy atom. The van der Waals surface area contributed by atoms with Crippen LogP contribution in [-0.2, 0) is 0 Å². The van der Waals surface area contributed by atoms with Gasteiger partial charge in [-0.25, -0.2) is 0 Å². The van der Waals surface area contributed by atoms with Crippen LogP contribution in [0, 0.1) is 0 Å². The van der Waals surface area contributed by atoms with Crippen molar-refractivity contribution in [2.75, 3.05) is 25.5 Å². The molecule has 0 aliphatic carbocycles. The minimum Gasteiger partial charge on any atom is -0.292 e. The third-order valence-corrected chi connectivity index (χ3v) is 1.57. The Bertz CT molecular complexity index is 142. The van der Waals surface area contributed by atoms with Gasteiger partial charge in [-0.15, -0.1) is 24.8 Å². The second kappa shape index (κ2) is 8.57. The first-order chi connectivity index (χ1) is 5.85. The van der Waals surface area contributed by atoms with Crippen LogP contribution in [0.25, 0.3) is 0 Å². The first kappa shape index (κ1) is 11.5. The van der Waals surface area contributed by atoms with Crippen molar-refractivity contribution in [2.45, 2.75) is 0 Å². The molecule has 0 N–H and O–H groups in total. The molecule has 0 saturated carbocycles. The van der Waals surface area contributed by atoms with Gasteiger partial charge in [-0.2, -0.15) is 0 Å². The van der Waals surface area contributed by atoms with Crippen molar-refractivity contribution in [3.8, 4) is 0 Å². The summed E-state index contributed by atoms with van der Waals surface area (Å²) in [5.41, 5.74) is 0. The van der Waals surface area contributed by atoms with E-state index in [1.54, 1.807) is 0 Å². The molecule has 0 fully saturated rings. The normalized spacial score (nSPS) is 10.8. The first-order valence-corrected chi connectivity index (χ1v) is 4.53. The van der Waals surface area contributed by atoms with Crippen molar-refractivity contribution in [3.63, 3.8) is 0 Å². The summed E-state index contributed by atoms with van der Waals surface area (Å²) < 4.78 is 0. The number of rotatable bonds is 7. The van der Waals surface area contributed by atoms with E-state index in [4.69, 9.17) is 11.6 Å². The summed E-state index contributed by atoms with van der Waals surface area (Å²) in [5, 5.41) is 0. The van der Waals surface area contributed by atoms with Crippen molar-refractivity contribution >= 4 is 11.6 Å². The quantitative estimate of drug-likeness (QED) is 0.435. The van der Waals surface area contributed by atoms with Crippen LogP contribution >= 0.6 is 11.6 Å². The van der Waals surface area contributed by atoms with Gasteiger partial charge in [0.05, 0.1) is 0 Å². The maximum absolute atomic E-state index is 5.49. The molecule has 0 rings (SSSR count). The van der Waals surface area contributed by atoms with Crippen LogP contribution in [0.5, 0.6) is 0 Å². The molecule has 0 saturated heterocycles. The highest BCUT2D eigenvalue weighted by Crippen LogP contribution is 1.90. The largest absolute Gasteiger partial charge is 0.292 e. The first-order valence-electron chi connectivity index (χ1n) is 4.00. The molecule has 0 bridgehead atoms. The predicted molar refractivity (Wildman–Crippen MR) is 56.7 cm³/mol. The standard InChI is InChI=1S/C10H16ClN/c1-3-8-12(9-4-2)10-6-5-7-11/h3-6H,1-2,7-10H2/b6-5+. The van der Waals surface area contributed by atoms with Crippen LogP contribution in [-0.4, -0.2) is 30.4 Å². The fraction of sp³-hybridized carbons (Fsp3) is 0.400. The fourth-order valence-electron chi connectivity index (χ4n) is 0.875. The van der Waals surface area contributed by atoms with Gasteiger partial charge in [0.15, 0.2) is 0 Å². The van der Waals surface area contributed by atoms with Gasteiger partial charge >= 0.3 is 0 Å². The molecule has 0 heterocycles. The van der Waals surface area contributed by atoms with Crippen LogP contribution in [0.1, 0.15) is 0 Å². The summed E-state index contributed by atoms with van der Waals surface area (Å²) in [6.07, 6.45) is 7.77. The van der Waals surface area contributed by atoms with E-state index < -0.39 is 0 Å². The van der Waals surface area contributed by atoms with Gasteiger partial charge in [0, 0.05) is 25.5 Å². The molecular weight excluding hydrogens is 170 g/mol. The zero-order chi connectivity index (χ0) is 9.23. The van der Waals surface area contributed by atoms with Gasteiger partial charge in [0.1, 0.15) is 0 Å². The number of alkyl halides is 1. The second-order valence-corrected chi connectivity index (χ2v) is 2.73. The van der Waals surface area contributed by atoms with Crippen LogP contribution in [0.3, 0.4) is 0 Å². The molecule has 12 heavy (non-hydrogen) atoms. The lowest BCUT2D eigenvalue weighted by atomic mass is 10.4. The summed E-state index contributed by atoms with van der Waals surface area (Å²) >= 11 is 5.49. The Balaban J connectivity index is 3.68. The van der Waals surface area contributed by atoms with Crippen LogP contribution < -0.4 is 0 Å². The van der Waals surface area contributed by atoms with Gasteiger partial charge in [0.2, 0.25) is 0 Å². The van der Waals surface area contributed by atoms with Crippen molar-refractivity contribution in [3.05, 3.63) is 37.5 Å². The molecule has 0 aliphatic heterocycles. The van der Waals surface area contributed by atoms with Gasteiger partial charge in [-0.3, -0.25) is 4.90 Å². The van der Waals surface area contributed by atoms with Crippen LogP contribution in [0.15, 0.2) is 37.5 Å². The molecule has 0 aromatic heterocycles. The third-order valence-electron chi connectivity index (χ3n) is 1.39. The summed E-state index contributed by atoms with van der Waals surface area (Å²) in [6, 6.07) is 0. The number of allylic oxidation sites excluding steroid dienone is 1. The van der Waals surface area contributed by atoms with Gasteiger partial charge in [-0.05, 0) is 0 Å². The minimum atomic E-state index is 0.579. The van der Waals surface area contributed by atoms with Gasteiger partial charge < -0.3 is 0 Å². The molecule has 0 unspecified atom stereocenters. The van der Waals surface area contributed by atoms with E-state index in [0.29, 0.717) is 5.88 Å². The monoisotopic (exact) mass is 185 g/mol. The molecular formula is C10H16ClN. The molecule has 2 heteroatoms. The molecule has 0 radical (unpaired) electrons. The Kier molecular flexibility index (Phi) is 8.19. The second-order valence-electron chi connectivity index (χ2n) is 2.42. The number of halogens is 1. The van der Waals surface area contributed by atoms with E-state index in [1.165, 1.54) is 0 Å². The molecule has 0 amide bonds. The lowest BCUT2D eigenvalue weighted by Crippen LogP contribution is -2.23. The molecule has 68 valence electrons. The number of nitrogens with zero attached hydrogens (tertiary/aromatic N) is 1. The fourth-order valence-corrected chi connectivity index (χ4v) is 1.00. The molecule has 0 aromatic rings. The minimum absolute atomic E-state index is 0.579. The molecule has 0 spiro atoms. The lowest BCUT2D eigenvalue weighted by Gasteiger charge is -2.15. The molecule has 0 atom stereocenters. The lowest BCUT2D eigenvalue weighted by molar-refractivity contribution is 0.373. The van der Waals surface area contributed by atoms with Crippen molar-refractivity contribution < 1.29 is 0 Å². The van der Waals surface area contributed by atoms with E-state index in [-0.39, 0.29) is 0 Å². The van der Waals surface area contributed by atoms with Crippen molar-refractivity contribution in [1.29, 1.82) is 0 Å². The van der Waals surface area contributed by atoms with Crippen LogP contribution in [0.4, 0.5) is 0 Å². The highest BCUT2D eigenvalue weighted by atomic mass is 35.5. The smallest absolute Gasteiger partial charge is 0.0404 e. The zero-order valence-electron chi connectivity index (χ0n) is 7.38. The molecule has 0 aliphatic rings. The average molecular weight is 186 g/mol. The van der Waals surface area contributed by atoms with E-state index in [2.05, 4.69) is 24.1 Å².